The lowest BCUT2D eigenvalue weighted by Gasteiger charge is -2.01. The molecule has 0 amide bonds. The van der Waals surface area contributed by atoms with Crippen molar-refractivity contribution >= 4 is 17.5 Å². The molecular weight excluding hydrogens is 349 g/mol. The molecule has 0 bridgehead atoms. The maximum Gasteiger partial charge on any atom is 0.390 e. The predicted octanol–water partition coefficient (Wildman–Crippen LogP) is 5.54. The zero-order chi connectivity index (χ0) is 17.6. The van der Waals surface area contributed by atoms with Gasteiger partial charge in [0.25, 0.3) is 0 Å². The zero-order valence-corrected chi connectivity index (χ0v) is 13.7. The topological polar surface area (TPSA) is 34.5 Å². The number of hydrogen-bond acceptors (Lipinski definition) is 4. The summed E-state index contributed by atoms with van der Waals surface area (Å²) < 4.78 is 40.1. The van der Waals surface area contributed by atoms with E-state index < -0.39 is 12.8 Å². The van der Waals surface area contributed by atoms with Crippen LogP contribution < -0.4 is 0 Å². The van der Waals surface area contributed by atoms with Crippen molar-refractivity contribution in [2.45, 2.75) is 13.2 Å². The highest BCUT2D eigenvalue weighted by molar-refractivity contribution is 7.13. The molecule has 0 saturated heterocycles. The number of nitrogens with zero attached hydrogens (tertiary/aromatic N) is 2. The van der Waals surface area contributed by atoms with Crippen LogP contribution >= 0.6 is 11.3 Å². The van der Waals surface area contributed by atoms with Crippen molar-refractivity contribution in [1.82, 2.24) is 4.98 Å². The zero-order valence-electron chi connectivity index (χ0n) is 12.9. The molecule has 2 aromatic carbocycles. The Morgan fingerprint density at radius 1 is 1.04 bits per heavy atom. The molecular formula is C18H13F3N2OS. The van der Waals surface area contributed by atoms with Crippen molar-refractivity contribution in [1.29, 1.82) is 0 Å². The van der Waals surface area contributed by atoms with E-state index in [1.807, 2.05) is 47.8 Å². The van der Waals surface area contributed by atoms with E-state index in [0.29, 0.717) is 5.56 Å². The van der Waals surface area contributed by atoms with Gasteiger partial charge in [-0.2, -0.15) is 8.78 Å². The van der Waals surface area contributed by atoms with Gasteiger partial charge in [-0.15, -0.1) is 15.7 Å². The van der Waals surface area contributed by atoms with E-state index >= 15 is 0 Å². The minimum Gasteiger partial charge on any atom is -0.394 e. The average molecular weight is 362 g/mol. The first-order valence-corrected chi connectivity index (χ1v) is 8.25. The number of alkyl halides is 2. The lowest BCUT2D eigenvalue weighted by atomic mass is 10.1. The molecule has 3 nitrogen and oxygen atoms in total. The van der Waals surface area contributed by atoms with Crippen molar-refractivity contribution < 1.29 is 17.9 Å². The summed E-state index contributed by atoms with van der Waals surface area (Å²) in [5, 5.41) is 2.89. The molecule has 3 aromatic rings. The molecule has 0 atom stereocenters. The summed E-state index contributed by atoms with van der Waals surface area (Å²) >= 11 is 1.55. The van der Waals surface area contributed by atoms with Gasteiger partial charge < -0.3 is 4.74 Å². The first-order valence-electron chi connectivity index (χ1n) is 7.37. The number of halogens is 3. The highest BCUT2D eigenvalue weighted by Gasteiger charge is 2.08. The Kier molecular flexibility index (Phi) is 5.45. The molecule has 0 aliphatic heterocycles. The van der Waals surface area contributed by atoms with Gasteiger partial charge in [-0.05, 0) is 5.56 Å². The number of hydrogen-bond donors (Lipinski definition) is 0. The van der Waals surface area contributed by atoms with E-state index in [4.69, 9.17) is 0 Å². The number of thiazole rings is 1. The van der Waals surface area contributed by atoms with Gasteiger partial charge in [0.1, 0.15) is 5.01 Å². The van der Waals surface area contributed by atoms with Gasteiger partial charge in [-0.3, -0.25) is 0 Å². The minimum absolute atomic E-state index is 0.0782. The number of benzene rings is 2. The summed E-state index contributed by atoms with van der Waals surface area (Å²) in [5.74, 6) is 0. The number of ether oxygens (including phenoxy) is 1. The molecule has 1 aromatic heterocycles. The maximum atomic E-state index is 12.9. The van der Waals surface area contributed by atoms with Gasteiger partial charge in [0, 0.05) is 16.5 Å². The Balaban J connectivity index is 1.70. The standard InChI is InChI=1S/C18H13F3N2OS/c19-17(20)24-18(21)22-10-12-6-8-13(9-7-12)15-11-25-16(23-15)14-4-2-1-3-5-14/h1-9,11,17H,10H2. The van der Waals surface area contributed by atoms with Crippen molar-refractivity contribution in [2.75, 3.05) is 0 Å². The quantitative estimate of drug-likeness (QED) is 0.441. The second kappa shape index (κ2) is 7.94. The molecule has 25 heavy (non-hydrogen) atoms. The maximum absolute atomic E-state index is 12.9. The van der Waals surface area contributed by atoms with E-state index in [2.05, 4.69) is 14.7 Å². The van der Waals surface area contributed by atoms with Crippen LogP contribution in [0.15, 0.2) is 65.0 Å². The van der Waals surface area contributed by atoms with Crippen molar-refractivity contribution in [2.24, 2.45) is 4.99 Å². The third kappa shape index (κ3) is 4.67. The van der Waals surface area contributed by atoms with E-state index in [-0.39, 0.29) is 6.54 Å². The van der Waals surface area contributed by atoms with E-state index in [0.717, 1.165) is 21.8 Å². The number of rotatable bonds is 5. The Morgan fingerprint density at radius 3 is 2.44 bits per heavy atom. The van der Waals surface area contributed by atoms with Gasteiger partial charge in [0.15, 0.2) is 0 Å². The molecule has 0 aliphatic rings. The van der Waals surface area contributed by atoms with Crippen LogP contribution in [0.5, 0.6) is 0 Å². The van der Waals surface area contributed by atoms with Crippen LogP contribution in [0.3, 0.4) is 0 Å². The van der Waals surface area contributed by atoms with Crippen LogP contribution in [0.25, 0.3) is 21.8 Å². The van der Waals surface area contributed by atoms with Gasteiger partial charge in [-0.1, -0.05) is 54.6 Å². The predicted molar refractivity (Wildman–Crippen MR) is 92.3 cm³/mol. The SMILES string of the molecule is FC(=NCc1ccc(-c2csc(-c3ccccc3)n2)cc1)OC(F)F. The number of aromatic nitrogens is 1. The van der Waals surface area contributed by atoms with Crippen molar-refractivity contribution in [3.8, 4) is 21.8 Å². The summed E-state index contributed by atoms with van der Waals surface area (Å²) in [6.45, 7) is -3.29. The molecule has 0 radical (unpaired) electrons. The van der Waals surface area contributed by atoms with Crippen LogP contribution in [0.2, 0.25) is 0 Å². The fraction of sp³-hybridized carbons (Fsp3) is 0.111. The molecule has 0 N–H and O–H groups in total. The molecule has 3 rings (SSSR count). The van der Waals surface area contributed by atoms with Crippen LogP contribution in [-0.4, -0.2) is 17.7 Å². The van der Waals surface area contributed by atoms with E-state index in [1.54, 1.807) is 23.5 Å². The largest absolute Gasteiger partial charge is 0.394 e. The normalized spacial score (nSPS) is 11.8. The summed E-state index contributed by atoms with van der Waals surface area (Å²) in [7, 11) is 0. The smallest absolute Gasteiger partial charge is 0.390 e. The van der Waals surface area contributed by atoms with E-state index in [9.17, 15) is 13.2 Å². The molecule has 0 unspecified atom stereocenters. The van der Waals surface area contributed by atoms with Crippen molar-refractivity contribution in [3.05, 3.63) is 65.5 Å². The van der Waals surface area contributed by atoms with E-state index in [1.165, 1.54) is 0 Å². The van der Waals surface area contributed by atoms with Gasteiger partial charge in [0.2, 0.25) is 0 Å². The Morgan fingerprint density at radius 2 is 1.76 bits per heavy atom. The van der Waals surface area contributed by atoms with Crippen LogP contribution in [-0.2, 0) is 11.3 Å². The second-order valence-electron chi connectivity index (χ2n) is 5.05. The Labute approximate surface area is 146 Å². The molecule has 0 aliphatic carbocycles. The summed E-state index contributed by atoms with van der Waals surface area (Å²) in [6, 6.07) is 17.0. The Bertz CT molecular complexity index is 848. The van der Waals surface area contributed by atoms with Gasteiger partial charge >= 0.3 is 12.8 Å². The highest BCUT2D eigenvalue weighted by atomic mass is 32.1. The van der Waals surface area contributed by atoms with Crippen LogP contribution in [0, 0.1) is 0 Å². The third-order valence-corrected chi connectivity index (χ3v) is 4.24. The van der Waals surface area contributed by atoms with Gasteiger partial charge in [-0.25, -0.2) is 9.98 Å². The molecule has 0 saturated carbocycles. The number of aliphatic imine (C=N–C) groups is 1. The summed E-state index contributed by atoms with van der Waals surface area (Å²) in [4.78, 5) is 7.93. The summed E-state index contributed by atoms with van der Waals surface area (Å²) in [5.41, 5.74) is 3.48. The Hall–Kier alpha value is -2.67. The first kappa shape index (κ1) is 17.2. The monoisotopic (exact) mass is 362 g/mol. The fourth-order valence-electron chi connectivity index (χ4n) is 2.16. The fourth-order valence-corrected chi connectivity index (χ4v) is 3.00. The molecule has 0 spiro atoms. The molecule has 1 heterocycles. The molecule has 0 fully saturated rings. The molecule has 128 valence electrons. The lowest BCUT2D eigenvalue weighted by molar-refractivity contribution is -0.0692. The third-order valence-electron chi connectivity index (χ3n) is 3.35. The summed E-state index contributed by atoms with van der Waals surface area (Å²) in [6.07, 6.45) is -1.52. The highest BCUT2D eigenvalue weighted by Crippen LogP contribution is 2.28. The van der Waals surface area contributed by atoms with Crippen LogP contribution in [0.4, 0.5) is 13.2 Å². The minimum atomic E-state index is -3.21. The average Bonchev–Trinajstić information content (AvgIpc) is 3.11. The van der Waals surface area contributed by atoms with Gasteiger partial charge in [0.05, 0.1) is 12.2 Å². The first-order chi connectivity index (χ1) is 12.1. The second-order valence-corrected chi connectivity index (χ2v) is 5.91. The lowest BCUT2D eigenvalue weighted by Crippen LogP contribution is -2.04. The van der Waals surface area contributed by atoms with Crippen molar-refractivity contribution in [3.63, 3.8) is 0 Å². The molecule has 7 heteroatoms. The van der Waals surface area contributed by atoms with Crippen LogP contribution in [0.1, 0.15) is 5.56 Å².